The van der Waals surface area contributed by atoms with Gasteiger partial charge in [-0.3, -0.25) is 4.79 Å². The van der Waals surface area contributed by atoms with Crippen LogP contribution >= 0.6 is 0 Å². The van der Waals surface area contributed by atoms with E-state index >= 15 is 0 Å². The van der Waals surface area contributed by atoms with E-state index in [9.17, 15) is 22.0 Å². The monoisotopic (exact) mass is 293 g/mol. The first-order valence-corrected chi connectivity index (χ1v) is 6.73. The molecule has 2 N–H and O–H groups in total. The van der Waals surface area contributed by atoms with Gasteiger partial charge >= 0.3 is 5.97 Å². The number of carbonyl (C=O) groups is 1. The van der Waals surface area contributed by atoms with Crippen molar-refractivity contribution >= 4 is 16.0 Å². The van der Waals surface area contributed by atoms with E-state index in [0.29, 0.717) is 0 Å². The lowest BCUT2D eigenvalue weighted by Gasteiger charge is -2.19. The minimum Gasteiger partial charge on any atom is -0.481 e. The molecule has 0 unspecified atom stereocenters. The summed E-state index contributed by atoms with van der Waals surface area (Å²) in [5.41, 5.74) is -1.36. The molecular weight excluding hydrogens is 280 g/mol. The van der Waals surface area contributed by atoms with Gasteiger partial charge in [0.2, 0.25) is 10.0 Å². The van der Waals surface area contributed by atoms with E-state index in [-0.39, 0.29) is 0 Å². The van der Waals surface area contributed by atoms with E-state index in [4.69, 9.17) is 5.11 Å². The molecule has 0 heterocycles. The highest BCUT2D eigenvalue weighted by Crippen LogP contribution is 2.19. The molecule has 0 aliphatic carbocycles. The first-order chi connectivity index (χ1) is 8.58. The van der Waals surface area contributed by atoms with Crippen LogP contribution in [0.15, 0.2) is 23.1 Å². The normalized spacial score (nSPS) is 12.4. The first kappa shape index (κ1) is 15.5. The summed E-state index contributed by atoms with van der Waals surface area (Å²) in [4.78, 5) is 9.97. The molecule has 0 atom stereocenters. The van der Waals surface area contributed by atoms with Gasteiger partial charge in [-0.15, -0.1) is 0 Å². The third-order valence-corrected chi connectivity index (χ3v) is 3.91. The van der Waals surface area contributed by atoms with Gasteiger partial charge in [0.25, 0.3) is 0 Å². The standard InChI is InChI=1S/C11H13F2NO4S/c1-11(2,10(15)16)6-14-19(17,18)8-5-3-4-7(12)9(8)13/h3-5,14H,6H2,1-2H3,(H,15,16). The summed E-state index contributed by atoms with van der Waals surface area (Å²) in [5, 5.41) is 8.84. The van der Waals surface area contributed by atoms with Crippen molar-refractivity contribution in [2.45, 2.75) is 18.7 Å². The molecule has 0 amide bonds. The van der Waals surface area contributed by atoms with Crippen molar-refractivity contribution in [1.82, 2.24) is 4.72 Å². The molecule has 1 aromatic carbocycles. The van der Waals surface area contributed by atoms with Gasteiger partial charge in [0.15, 0.2) is 11.6 Å². The van der Waals surface area contributed by atoms with Crippen LogP contribution in [-0.2, 0) is 14.8 Å². The number of benzene rings is 1. The fourth-order valence-corrected chi connectivity index (χ4v) is 2.42. The van der Waals surface area contributed by atoms with Crippen molar-refractivity contribution in [3.8, 4) is 0 Å². The Morgan fingerprint density at radius 3 is 2.47 bits per heavy atom. The van der Waals surface area contributed by atoms with Gasteiger partial charge in [-0.25, -0.2) is 21.9 Å². The maximum absolute atomic E-state index is 13.4. The number of aliphatic carboxylic acids is 1. The number of halogens is 2. The topological polar surface area (TPSA) is 83.5 Å². The molecule has 0 aromatic heterocycles. The predicted molar refractivity (Wildman–Crippen MR) is 63.0 cm³/mol. The Balaban J connectivity index is 3.01. The highest BCUT2D eigenvalue weighted by molar-refractivity contribution is 7.89. The van der Waals surface area contributed by atoms with Crippen LogP contribution in [0, 0.1) is 17.0 Å². The van der Waals surface area contributed by atoms with E-state index in [1.165, 1.54) is 13.8 Å². The van der Waals surface area contributed by atoms with E-state index in [0.717, 1.165) is 18.2 Å². The van der Waals surface area contributed by atoms with Crippen molar-refractivity contribution < 1.29 is 27.1 Å². The summed E-state index contributed by atoms with van der Waals surface area (Å²) < 4.78 is 51.8. The lowest BCUT2D eigenvalue weighted by atomic mass is 9.95. The minimum atomic E-state index is -4.31. The zero-order valence-electron chi connectivity index (χ0n) is 10.3. The molecule has 5 nitrogen and oxygen atoms in total. The average molecular weight is 293 g/mol. The Labute approximate surface area is 109 Å². The molecular formula is C11H13F2NO4S. The largest absolute Gasteiger partial charge is 0.481 e. The van der Waals surface area contributed by atoms with Crippen LogP contribution in [0.1, 0.15) is 13.8 Å². The van der Waals surface area contributed by atoms with Gasteiger partial charge in [0.05, 0.1) is 5.41 Å². The van der Waals surface area contributed by atoms with Crippen molar-refractivity contribution in [2.24, 2.45) is 5.41 Å². The Hall–Kier alpha value is -1.54. The molecule has 0 saturated carbocycles. The quantitative estimate of drug-likeness (QED) is 0.858. The second-order valence-electron chi connectivity index (χ2n) is 4.57. The number of hydrogen-bond acceptors (Lipinski definition) is 3. The summed E-state index contributed by atoms with van der Waals surface area (Å²) in [7, 11) is -4.31. The van der Waals surface area contributed by atoms with Gasteiger partial charge in [-0.2, -0.15) is 0 Å². The van der Waals surface area contributed by atoms with E-state index in [1.807, 2.05) is 4.72 Å². The highest BCUT2D eigenvalue weighted by Gasteiger charge is 2.30. The van der Waals surface area contributed by atoms with Gasteiger partial charge in [0.1, 0.15) is 4.90 Å². The first-order valence-electron chi connectivity index (χ1n) is 5.25. The molecule has 1 rings (SSSR count). The number of hydrogen-bond donors (Lipinski definition) is 2. The van der Waals surface area contributed by atoms with Gasteiger partial charge in [-0.05, 0) is 26.0 Å². The summed E-state index contributed by atoms with van der Waals surface area (Å²) in [5.74, 6) is -4.00. The van der Waals surface area contributed by atoms with Crippen molar-refractivity contribution in [3.05, 3.63) is 29.8 Å². The zero-order valence-corrected chi connectivity index (χ0v) is 11.1. The molecule has 0 saturated heterocycles. The van der Waals surface area contributed by atoms with Gasteiger partial charge in [-0.1, -0.05) is 6.07 Å². The highest BCUT2D eigenvalue weighted by atomic mass is 32.2. The maximum atomic E-state index is 13.4. The van der Waals surface area contributed by atoms with Crippen LogP contribution in [-0.4, -0.2) is 26.0 Å². The Kier molecular flexibility index (Phi) is 4.26. The van der Waals surface area contributed by atoms with Crippen LogP contribution in [0.4, 0.5) is 8.78 Å². The number of sulfonamides is 1. The second kappa shape index (κ2) is 5.22. The average Bonchev–Trinajstić information content (AvgIpc) is 2.30. The third kappa shape index (κ3) is 3.48. The predicted octanol–water partition coefficient (Wildman–Crippen LogP) is 1.35. The molecule has 0 radical (unpaired) electrons. The molecule has 1 aromatic rings. The molecule has 19 heavy (non-hydrogen) atoms. The molecule has 0 aliphatic rings. The van der Waals surface area contributed by atoms with Crippen LogP contribution in [0.5, 0.6) is 0 Å². The fraction of sp³-hybridized carbons (Fsp3) is 0.364. The van der Waals surface area contributed by atoms with Crippen LogP contribution in [0.3, 0.4) is 0 Å². The third-order valence-electron chi connectivity index (χ3n) is 2.49. The van der Waals surface area contributed by atoms with Crippen LogP contribution in [0.2, 0.25) is 0 Å². The summed E-state index contributed by atoms with van der Waals surface area (Å²) in [6.45, 7) is 2.17. The van der Waals surface area contributed by atoms with Crippen LogP contribution in [0.25, 0.3) is 0 Å². The Bertz CT molecular complexity index is 599. The number of rotatable bonds is 5. The number of nitrogens with one attached hydrogen (secondary N) is 1. The maximum Gasteiger partial charge on any atom is 0.310 e. The molecule has 8 heteroatoms. The summed E-state index contributed by atoms with van der Waals surface area (Å²) in [6, 6.07) is 2.74. The Morgan fingerprint density at radius 2 is 1.95 bits per heavy atom. The van der Waals surface area contributed by atoms with E-state index < -0.39 is 44.5 Å². The Morgan fingerprint density at radius 1 is 1.37 bits per heavy atom. The number of carboxylic acid groups (broad SMARTS) is 1. The summed E-state index contributed by atoms with van der Waals surface area (Å²) in [6.07, 6.45) is 0. The molecule has 0 aliphatic heterocycles. The van der Waals surface area contributed by atoms with Crippen molar-refractivity contribution in [3.63, 3.8) is 0 Å². The second-order valence-corrected chi connectivity index (χ2v) is 6.30. The molecule has 0 bridgehead atoms. The number of carboxylic acids is 1. The smallest absolute Gasteiger partial charge is 0.310 e. The van der Waals surface area contributed by atoms with Crippen LogP contribution < -0.4 is 4.72 Å². The van der Waals surface area contributed by atoms with Crippen molar-refractivity contribution in [2.75, 3.05) is 6.54 Å². The molecule has 106 valence electrons. The van der Waals surface area contributed by atoms with Crippen molar-refractivity contribution in [1.29, 1.82) is 0 Å². The van der Waals surface area contributed by atoms with E-state index in [2.05, 4.69) is 0 Å². The molecule has 0 spiro atoms. The van der Waals surface area contributed by atoms with Gasteiger partial charge < -0.3 is 5.11 Å². The SMILES string of the molecule is CC(C)(CNS(=O)(=O)c1cccc(F)c1F)C(=O)O. The summed E-state index contributed by atoms with van der Waals surface area (Å²) >= 11 is 0. The lowest BCUT2D eigenvalue weighted by molar-refractivity contribution is -0.146. The fourth-order valence-electron chi connectivity index (χ4n) is 1.12. The lowest BCUT2D eigenvalue weighted by Crippen LogP contribution is -2.39. The van der Waals surface area contributed by atoms with Gasteiger partial charge in [0, 0.05) is 6.54 Å². The van der Waals surface area contributed by atoms with E-state index in [1.54, 1.807) is 0 Å². The zero-order chi connectivity index (χ0) is 14.8. The molecule has 0 fully saturated rings. The minimum absolute atomic E-state index is 0.444.